The minimum absolute atomic E-state index is 0.0537. The molecule has 2 aromatic heterocycles. The molecule has 0 unspecified atom stereocenters. The van der Waals surface area contributed by atoms with Crippen LogP contribution in [-0.4, -0.2) is 32.1 Å². The van der Waals surface area contributed by atoms with Crippen molar-refractivity contribution in [1.82, 2.24) is 19.6 Å². The highest BCUT2D eigenvalue weighted by molar-refractivity contribution is 5.84. The van der Waals surface area contributed by atoms with Gasteiger partial charge >= 0.3 is 0 Å². The minimum Gasteiger partial charge on any atom is -0.370 e. The molecule has 23 heavy (non-hydrogen) atoms. The third kappa shape index (κ3) is 2.25. The molecule has 7 heteroatoms. The Morgan fingerprint density at radius 3 is 3.09 bits per heavy atom. The predicted octanol–water partition coefficient (Wildman–Crippen LogP) is 2.26. The first-order chi connectivity index (χ1) is 11.1. The first kappa shape index (κ1) is 13.8. The molecule has 0 radical (unpaired) electrons. The summed E-state index contributed by atoms with van der Waals surface area (Å²) < 4.78 is 7.51. The summed E-state index contributed by atoms with van der Waals surface area (Å²) in [6.07, 6.45) is 3.87. The molecule has 0 amide bonds. The zero-order valence-corrected chi connectivity index (χ0v) is 12.9. The summed E-state index contributed by atoms with van der Waals surface area (Å²) in [5.41, 5.74) is 7.71. The van der Waals surface area contributed by atoms with Crippen molar-refractivity contribution in [3.8, 4) is 11.4 Å². The molecular formula is C16H18N6O. The van der Waals surface area contributed by atoms with Crippen LogP contribution in [0.4, 0.5) is 0 Å². The number of hydrogen-bond acceptors (Lipinski definition) is 4. The topological polar surface area (TPSA) is 97.0 Å². The second-order valence-electron chi connectivity index (χ2n) is 5.89. The summed E-state index contributed by atoms with van der Waals surface area (Å²) in [4.78, 5) is 6.33. The van der Waals surface area contributed by atoms with Crippen molar-refractivity contribution >= 4 is 16.9 Å². The summed E-state index contributed by atoms with van der Waals surface area (Å²) in [6, 6.07) is 8.08. The van der Waals surface area contributed by atoms with Crippen LogP contribution in [0, 0.1) is 5.41 Å². The fourth-order valence-corrected chi connectivity index (χ4v) is 3.22. The molecule has 1 atom stereocenters. The van der Waals surface area contributed by atoms with E-state index in [0.29, 0.717) is 11.7 Å². The largest absolute Gasteiger partial charge is 0.370 e. The number of aromatic nitrogens is 3. The van der Waals surface area contributed by atoms with Crippen LogP contribution in [0.3, 0.4) is 0 Å². The minimum atomic E-state index is -0.0887. The van der Waals surface area contributed by atoms with Crippen LogP contribution >= 0.6 is 0 Å². The van der Waals surface area contributed by atoms with Crippen LogP contribution in [0.15, 0.2) is 35.0 Å². The highest BCUT2D eigenvalue weighted by Crippen LogP contribution is 2.32. The van der Waals surface area contributed by atoms with E-state index in [0.717, 1.165) is 35.9 Å². The lowest BCUT2D eigenvalue weighted by atomic mass is 10.1. The van der Waals surface area contributed by atoms with E-state index < -0.39 is 0 Å². The van der Waals surface area contributed by atoms with Gasteiger partial charge in [0.25, 0.3) is 0 Å². The standard InChI is InChI=1S/C16H18N6O/c1-21-8-6-10-9-11(4-5-12(10)21)14-19-15(23-20-14)13-3-2-7-22(13)16(17)18/h4-6,8-9,13H,2-3,7H2,1H3,(H3,17,18)/t13-/m0/s1. The molecule has 118 valence electrons. The fraction of sp³-hybridized carbons (Fsp3) is 0.312. The zero-order chi connectivity index (χ0) is 16.0. The fourth-order valence-electron chi connectivity index (χ4n) is 3.22. The van der Waals surface area contributed by atoms with Gasteiger partial charge in [-0.05, 0) is 37.1 Å². The van der Waals surface area contributed by atoms with Gasteiger partial charge in [-0.3, -0.25) is 5.41 Å². The highest BCUT2D eigenvalue weighted by atomic mass is 16.5. The molecule has 1 aliphatic heterocycles. The van der Waals surface area contributed by atoms with Gasteiger partial charge in [0.1, 0.15) is 6.04 Å². The van der Waals surface area contributed by atoms with E-state index in [1.165, 1.54) is 0 Å². The Morgan fingerprint density at radius 1 is 1.39 bits per heavy atom. The van der Waals surface area contributed by atoms with Crippen molar-refractivity contribution in [3.05, 3.63) is 36.4 Å². The van der Waals surface area contributed by atoms with E-state index in [1.54, 1.807) is 4.90 Å². The van der Waals surface area contributed by atoms with E-state index in [4.69, 9.17) is 15.7 Å². The molecule has 7 nitrogen and oxygen atoms in total. The SMILES string of the molecule is Cn1ccc2cc(-c3noc([C@@H]4CCCN4C(=N)N)n3)ccc21. The van der Waals surface area contributed by atoms with Crippen LogP contribution in [0.2, 0.25) is 0 Å². The Labute approximate surface area is 133 Å². The number of likely N-dealkylation sites (tertiary alicyclic amines) is 1. The second-order valence-corrected chi connectivity index (χ2v) is 5.89. The predicted molar refractivity (Wildman–Crippen MR) is 86.8 cm³/mol. The third-order valence-corrected chi connectivity index (χ3v) is 4.43. The number of hydrogen-bond donors (Lipinski definition) is 2. The van der Waals surface area contributed by atoms with Gasteiger partial charge in [-0.25, -0.2) is 0 Å². The second kappa shape index (κ2) is 5.12. The van der Waals surface area contributed by atoms with E-state index >= 15 is 0 Å². The Morgan fingerprint density at radius 2 is 2.26 bits per heavy atom. The van der Waals surface area contributed by atoms with Crippen LogP contribution in [0.1, 0.15) is 24.8 Å². The number of benzene rings is 1. The summed E-state index contributed by atoms with van der Waals surface area (Å²) >= 11 is 0. The van der Waals surface area contributed by atoms with Crippen LogP contribution in [0.25, 0.3) is 22.3 Å². The quantitative estimate of drug-likeness (QED) is 0.559. The van der Waals surface area contributed by atoms with Gasteiger partial charge in [-0.1, -0.05) is 5.16 Å². The van der Waals surface area contributed by atoms with E-state index in [2.05, 4.69) is 32.9 Å². The van der Waals surface area contributed by atoms with E-state index in [-0.39, 0.29) is 12.0 Å². The lowest BCUT2D eigenvalue weighted by Crippen LogP contribution is -2.35. The van der Waals surface area contributed by atoms with Gasteiger partial charge in [0, 0.05) is 36.3 Å². The maximum absolute atomic E-state index is 7.65. The van der Waals surface area contributed by atoms with E-state index in [1.807, 2.05) is 19.3 Å². The molecule has 3 aromatic rings. The number of nitrogens with zero attached hydrogens (tertiary/aromatic N) is 4. The molecule has 4 rings (SSSR count). The van der Waals surface area contributed by atoms with Gasteiger partial charge in [0.2, 0.25) is 11.7 Å². The van der Waals surface area contributed by atoms with Crippen molar-refractivity contribution in [3.63, 3.8) is 0 Å². The van der Waals surface area contributed by atoms with Crippen molar-refractivity contribution < 1.29 is 4.52 Å². The number of nitrogens with two attached hydrogens (primary N) is 1. The molecular weight excluding hydrogens is 292 g/mol. The molecule has 0 bridgehead atoms. The zero-order valence-electron chi connectivity index (χ0n) is 12.9. The monoisotopic (exact) mass is 310 g/mol. The van der Waals surface area contributed by atoms with Gasteiger partial charge in [0.05, 0.1) is 0 Å². The number of nitrogens with one attached hydrogen (secondary N) is 1. The van der Waals surface area contributed by atoms with Gasteiger partial charge in [-0.2, -0.15) is 4.98 Å². The van der Waals surface area contributed by atoms with Gasteiger partial charge in [0.15, 0.2) is 5.96 Å². The van der Waals surface area contributed by atoms with Crippen molar-refractivity contribution in [2.45, 2.75) is 18.9 Å². The number of guanidine groups is 1. The van der Waals surface area contributed by atoms with Gasteiger partial charge in [-0.15, -0.1) is 0 Å². The van der Waals surface area contributed by atoms with Crippen LogP contribution in [-0.2, 0) is 7.05 Å². The summed E-state index contributed by atoms with van der Waals surface area (Å²) in [7, 11) is 2.02. The number of aryl methyl sites for hydroxylation is 1. The maximum Gasteiger partial charge on any atom is 0.249 e. The summed E-state index contributed by atoms with van der Waals surface area (Å²) in [6.45, 7) is 0.758. The molecule has 3 N–H and O–H groups in total. The lowest BCUT2D eigenvalue weighted by Gasteiger charge is -2.21. The highest BCUT2D eigenvalue weighted by Gasteiger charge is 2.31. The normalized spacial score (nSPS) is 18.0. The lowest BCUT2D eigenvalue weighted by molar-refractivity contribution is 0.283. The van der Waals surface area contributed by atoms with Crippen LogP contribution in [0.5, 0.6) is 0 Å². The summed E-state index contributed by atoms with van der Waals surface area (Å²) in [5.74, 6) is 1.15. The van der Waals surface area contributed by atoms with Crippen molar-refractivity contribution in [2.24, 2.45) is 12.8 Å². The van der Waals surface area contributed by atoms with Crippen LogP contribution < -0.4 is 5.73 Å². The molecule has 1 saturated heterocycles. The average Bonchev–Trinajstić information content (AvgIpc) is 3.25. The Hall–Kier alpha value is -2.83. The smallest absolute Gasteiger partial charge is 0.249 e. The molecule has 0 saturated carbocycles. The Bertz CT molecular complexity index is 880. The Balaban J connectivity index is 1.67. The number of fused-ring (bicyclic) bond motifs is 1. The molecule has 0 aliphatic carbocycles. The van der Waals surface area contributed by atoms with E-state index in [9.17, 15) is 0 Å². The van der Waals surface area contributed by atoms with Gasteiger partial charge < -0.3 is 19.7 Å². The third-order valence-electron chi connectivity index (χ3n) is 4.43. The molecule has 3 heterocycles. The van der Waals surface area contributed by atoms with Crippen molar-refractivity contribution in [1.29, 1.82) is 5.41 Å². The molecule has 1 fully saturated rings. The first-order valence-electron chi connectivity index (χ1n) is 7.63. The Kier molecular flexibility index (Phi) is 3.07. The first-order valence-corrected chi connectivity index (χ1v) is 7.63. The average molecular weight is 310 g/mol. The summed E-state index contributed by atoms with van der Waals surface area (Å²) in [5, 5.41) is 12.9. The maximum atomic E-state index is 7.65. The molecule has 0 spiro atoms. The molecule has 1 aliphatic rings. The number of rotatable bonds is 2. The van der Waals surface area contributed by atoms with Crippen molar-refractivity contribution in [2.75, 3.05) is 6.54 Å². The molecule has 1 aromatic carbocycles.